The molecule has 0 saturated heterocycles. The fourth-order valence-corrected chi connectivity index (χ4v) is 5.04. The number of carboxylic acid groups (broad SMARTS) is 1. The minimum atomic E-state index is -0.865. The molecule has 0 aliphatic heterocycles. The van der Waals surface area contributed by atoms with Gasteiger partial charge in [0.1, 0.15) is 5.75 Å². The number of benzene rings is 3. The summed E-state index contributed by atoms with van der Waals surface area (Å²) < 4.78 is 5.36. The normalized spacial score (nSPS) is 10.8. The van der Waals surface area contributed by atoms with E-state index in [1.54, 1.807) is 7.11 Å². The Kier molecular flexibility index (Phi) is 5.87. The minimum absolute atomic E-state index is 0.0595. The first-order chi connectivity index (χ1) is 13.0. The second-order valence-corrected chi connectivity index (χ2v) is 8.50. The lowest BCUT2D eigenvalue weighted by atomic mass is 10.1. The van der Waals surface area contributed by atoms with Gasteiger partial charge in [0, 0.05) is 11.6 Å². The van der Waals surface area contributed by atoms with E-state index >= 15 is 0 Å². The molecule has 0 aliphatic carbocycles. The third-order valence-corrected chi connectivity index (χ3v) is 6.56. The largest absolute Gasteiger partial charge is 0.496 e. The van der Waals surface area contributed by atoms with Crippen LogP contribution in [0.4, 0.5) is 0 Å². The van der Waals surface area contributed by atoms with Crippen molar-refractivity contribution in [2.75, 3.05) is 7.11 Å². The number of aryl methyl sites for hydroxylation is 2. The molecule has 0 unspecified atom stereocenters. The van der Waals surface area contributed by atoms with Crippen molar-refractivity contribution in [2.45, 2.75) is 35.0 Å². The van der Waals surface area contributed by atoms with E-state index in [4.69, 9.17) is 4.74 Å². The molecule has 0 spiro atoms. The molecule has 1 N–H and O–H groups in total. The lowest BCUT2D eigenvalue weighted by molar-refractivity contribution is -0.136. The molecule has 0 amide bonds. The Morgan fingerprint density at radius 3 is 1.78 bits per heavy atom. The fraction of sp³-hybridized carbons (Fsp3) is 0.174. The van der Waals surface area contributed by atoms with Crippen molar-refractivity contribution in [2.24, 2.45) is 0 Å². The van der Waals surface area contributed by atoms with Crippen LogP contribution in [0.1, 0.15) is 16.7 Å². The van der Waals surface area contributed by atoms with E-state index in [0.717, 1.165) is 4.90 Å². The SMILES string of the molecule is COc1ccc([S+](c2ccc(C)cc2)c2ccc(C)cc2)cc1CC(=O)O. The zero-order valence-electron chi connectivity index (χ0n) is 15.7. The molecule has 27 heavy (non-hydrogen) atoms. The fourth-order valence-electron chi connectivity index (χ4n) is 2.94. The van der Waals surface area contributed by atoms with Gasteiger partial charge in [0.05, 0.1) is 24.4 Å². The van der Waals surface area contributed by atoms with Gasteiger partial charge in [0.2, 0.25) is 0 Å². The molecule has 3 nitrogen and oxygen atoms in total. The van der Waals surface area contributed by atoms with Gasteiger partial charge >= 0.3 is 5.97 Å². The first kappa shape index (κ1) is 19.1. The van der Waals surface area contributed by atoms with Gasteiger partial charge in [-0.1, -0.05) is 35.4 Å². The zero-order chi connectivity index (χ0) is 19.4. The predicted octanol–water partition coefficient (Wildman–Crippen LogP) is 5.03. The maximum absolute atomic E-state index is 11.3. The lowest BCUT2D eigenvalue weighted by Crippen LogP contribution is -2.08. The number of carbonyl (C=O) groups is 1. The molecular formula is C23H23O3S+. The Balaban J connectivity index is 2.13. The van der Waals surface area contributed by atoms with Crippen molar-refractivity contribution in [3.05, 3.63) is 83.4 Å². The number of hydrogen-bond acceptors (Lipinski definition) is 2. The van der Waals surface area contributed by atoms with Gasteiger partial charge in [-0.05, 0) is 50.2 Å². The van der Waals surface area contributed by atoms with Crippen LogP contribution in [0.3, 0.4) is 0 Å². The molecule has 138 valence electrons. The summed E-state index contributed by atoms with van der Waals surface area (Å²) in [5, 5.41) is 9.26. The van der Waals surface area contributed by atoms with Crippen molar-refractivity contribution in [3.63, 3.8) is 0 Å². The molecule has 3 aromatic rings. The topological polar surface area (TPSA) is 46.5 Å². The molecular weight excluding hydrogens is 356 g/mol. The number of hydrogen-bond donors (Lipinski definition) is 1. The highest BCUT2D eigenvalue weighted by Crippen LogP contribution is 2.34. The van der Waals surface area contributed by atoms with Gasteiger partial charge < -0.3 is 9.84 Å². The second kappa shape index (κ2) is 8.31. The van der Waals surface area contributed by atoms with Crippen LogP contribution >= 0.6 is 0 Å². The molecule has 0 fully saturated rings. The average molecular weight is 380 g/mol. The molecule has 0 bridgehead atoms. The minimum Gasteiger partial charge on any atom is -0.496 e. The maximum Gasteiger partial charge on any atom is 0.307 e. The molecule has 0 heterocycles. The van der Waals surface area contributed by atoms with Gasteiger partial charge in [-0.15, -0.1) is 0 Å². The van der Waals surface area contributed by atoms with Gasteiger partial charge in [0.25, 0.3) is 0 Å². The Morgan fingerprint density at radius 1 is 0.852 bits per heavy atom. The maximum atomic E-state index is 11.3. The molecule has 4 heteroatoms. The van der Waals surface area contributed by atoms with Gasteiger partial charge in [-0.3, -0.25) is 4.79 Å². The Morgan fingerprint density at radius 2 is 1.33 bits per heavy atom. The van der Waals surface area contributed by atoms with Crippen molar-refractivity contribution in [3.8, 4) is 5.75 Å². The van der Waals surface area contributed by atoms with Crippen LogP contribution in [0, 0.1) is 13.8 Å². The molecule has 0 radical (unpaired) electrons. The molecule has 0 aliphatic rings. The highest BCUT2D eigenvalue weighted by molar-refractivity contribution is 7.97. The van der Waals surface area contributed by atoms with Gasteiger partial charge in [-0.25, -0.2) is 0 Å². The van der Waals surface area contributed by atoms with Crippen LogP contribution < -0.4 is 4.74 Å². The Labute approximate surface area is 163 Å². The molecule has 0 atom stereocenters. The molecule has 3 aromatic carbocycles. The van der Waals surface area contributed by atoms with Crippen molar-refractivity contribution in [1.82, 2.24) is 0 Å². The van der Waals surface area contributed by atoms with Crippen LogP contribution in [0.15, 0.2) is 81.4 Å². The van der Waals surface area contributed by atoms with E-state index in [2.05, 4.69) is 62.4 Å². The van der Waals surface area contributed by atoms with Gasteiger partial charge in [-0.2, -0.15) is 0 Å². The first-order valence-corrected chi connectivity index (χ1v) is 9.97. The van der Waals surface area contributed by atoms with Gasteiger partial charge in [0.15, 0.2) is 14.7 Å². The Hall–Kier alpha value is -2.72. The van der Waals surface area contributed by atoms with E-state index in [0.29, 0.717) is 11.3 Å². The van der Waals surface area contributed by atoms with E-state index in [-0.39, 0.29) is 17.3 Å². The highest BCUT2D eigenvalue weighted by atomic mass is 32.2. The Bertz CT molecular complexity index is 885. The number of carboxylic acids is 1. The van der Waals surface area contributed by atoms with Crippen LogP contribution in [0.2, 0.25) is 0 Å². The lowest BCUT2D eigenvalue weighted by Gasteiger charge is -2.12. The zero-order valence-corrected chi connectivity index (χ0v) is 16.5. The number of rotatable bonds is 6. The smallest absolute Gasteiger partial charge is 0.307 e. The van der Waals surface area contributed by atoms with Crippen molar-refractivity contribution < 1.29 is 14.6 Å². The summed E-state index contributed by atoms with van der Waals surface area (Å²) in [6.45, 7) is 4.15. The van der Waals surface area contributed by atoms with Crippen molar-refractivity contribution in [1.29, 1.82) is 0 Å². The number of aliphatic carboxylic acids is 1. The quantitative estimate of drug-likeness (QED) is 0.611. The summed E-state index contributed by atoms with van der Waals surface area (Å²) in [7, 11) is 1.25. The summed E-state index contributed by atoms with van der Waals surface area (Å²) in [6.07, 6.45) is -0.0595. The molecule has 0 aromatic heterocycles. The van der Waals surface area contributed by atoms with E-state index in [1.165, 1.54) is 20.9 Å². The van der Waals surface area contributed by atoms with Crippen LogP contribution in [0.5, 0.6) is 5.75 Å². The third-order valence-electron chi connectivity index (χ3n) is 4.34. The summed E-state index contributed by atoms with van der Waals surface area (Å²) in [4.78, 5) is 14.8. The van der Waals surface area contributed by atoms with E-state index in [1.807, 2.05) is 18.2 Å². The predicted molar refractivity (Wildman–Crippen MR) is 109 cm³/mol. The standard InChI is InChI=1S/C23H22O3S/c1-16-4-8-19(9-5-16)27(20-10-6-17(2)7-11-20)21-12-13-22(26-3)18(14-21)15-23(24)25/h4-14H,15H2,1-3H3/p+1. The van der Waals surface area contributed by atoms with E-state index in [9.17, 15) is 9.90 Å². The van der Waals surface area contributed by atoms with Crippen molar-refractivity contribution >= 4 is 16.9 Å². The highest BCUT2D eigenvalue weighted by Gasteiger charge is 2.29. The summed E-state index contributed by atoms with van der Waals surface area (Å²) in [5.41, 5.74) is 3.12. The number of ether oxygens (including phenoxy) is 1. The summed E-state index contributed by atoms with van der Waals surface area (Å²) >= 11 is 0. The summed E-state index contributed by atoms with van der Waals surface area (Å²) in [6, 6.07) is 22.9. The third kappa shape index (κ3) is 4.52. The van der Waals surface area contributed by atoms with Crippen LogP contribution in [-0.4, -0.2) is 18.2 Å². The average Bonchev–Trinajstić information content (AvgIpc) is 2.65. The second-order valence-electron chi connectivity index (χ2n) is 6.48. The molecule has 3 rings (SSSR count). The van der Waals surface area contributed by atoms with Crippen LogP contribution in [-0.2, 0) is 22.1 Å². The van der Waals surface area contributed by atoms with Crippen LogP contribution in [0.25, 0.3) is 0 Å². The monoisotopic (exact) mass is 379 g/mol. The van der Waals surface area contributed by atoms with E-state index < -0.39 is 5.97 Å². The number of methoxy groups -OCH3 is 1. The first-order valence-electron chi connectivity index (χ1n) is 8.74. The molecule has 0 saturated carbocycles. The summed E-state index contributed by atoms with van der Waals surface area (Å²) in [5.74, 6) is -0.256.